The van der Waals surface area contributed by atoms with Crippen LogP contribution in [0.2, 0.25) is 0 Å². The molecular weight excluding hydrogens is 355 g/mol. The number of piperidine rings is 1. The zero-order valence-electron chi connectivity index (χ0n) is 12.7. The molecule has 3 rings (SSSR count). The van der Waals surface area contributed by atoms with Crippen LogP contribution in [-0.4, -0.2) is 41.0 Å². The molecule has 1 aromatic carbocycles. The number of aromatic nitrogens is 2. The summed E-state index contributed by atoms with van der Waals surface area (Å²) in [5, 5.41) is 4.31. The van der Waals surface area contributed by atoms with Crippen LogP contribution in [0.4, 0.5) is 5.82 Å². The van der Waals surface area contributed by atoms with Gasteiger partial charge < -0.3 is 10.2 Å². The van der Waals surface area contributed by atoms with E-state index in [0.717, 1.165) is 24.0 Å². The largest absolute Gasteiger partial charge is 0.368 e. The van der Waals surface area contributed by atoms with Crippen molar-refractivity contribution < 1.29 is 0 Å². The number of para-hydroxylation sites is 1. The van der Waals surface area contributed by atoms with Gasteiger partial charge in [0.05, 0.1) is 5.52 Å². The van der Waals surface area contributed by atoms with Crippen molar-refractivity contribution in [2.75, 3.05) is 31.5 Å². The fraction of sp³-hybridized carbons (Fsp3) is 0.500. The molecule has 1 aromatic heterocycles. The fourth-order valence-electron chi connectivity index (χ4n) is 2.85. The minimum atomic E-state index is -1.63. The van der Waals surface area contributed by atoms with Gasteiger partial charge in [-0.2, -0.15) is 0 Å². The van der Waals surface area contributed by atoms with Crippen LogP contribution in [-0.2, 0) is 3.79 Å². The average Bonchev–Trinajstić information content (AvgIpc) is 2.55. The summed E-state index contributed by atoms with van der Waals surface area (Å²) in [4.78, 5) is 11.2. The highest BCUT2D eigenvalue weighted by Gasteiger charge is 2.28. The summed E-state index contributed by atoms with van der Waals surface area (Å²) in [6, 6.07) is 7.74. The van der Waals surface area contributed by atoms with Crippen molar-refractivity contribution in [1.29, 1.82) is 0 Å². The Morgan fingerprint density at radius 3 is 2.52 bits per heavy atom. The Balaban J connectivity index is 1.78. The quantitative estimate of drug-likeness (QED) is 0.809. The summed E-state index contributed by atoms with van der Waals surface area (Å²) in [5.74, 6) is 0.913. The Bertz CT molecular complexity index is 666. The van der Waals surface area contributed by atoms with Crippen molar-refractivity contribution in [2.45, 2.75) is 23.1 Å². The smallest absolute Gasteiger partial charge is 0.250 e. The van der Waals surface area contributed by atoms with Gasteiger partial charge in [-0.15, -0.1) is 0 Å². The molecular formula is C16H19Cl3N4. The molecule has 124 valence electrons. The van der Waals surface area contributed by atoms with Crippen LogP contribution in [0.1, 0.15) is 25.1 Å². The Kier molecular flexibility index (Phi) is 5.47. The molecule has 1 saturated heterocycles. The van der Waals surface area contributed by atoms with E-state index in [9.17, 15) is 0 Å². The molecule has 7 heteroatoms. The highest BCUT2D eigenvalue weighted by atomic mass is 35.6. The molecule has 0 atom stereocenters. The summed E-state index contributed by atoms with van der Waals surface area (Å²) >= 11 is 17.9. The number of fused-ring (bicyclic) bond motifs is 1. The van der Waals surface area contributed by atoms with E-state index in [1.165, 1.54) is 32.4 Å². The van der Waals surface area contributed by atoms with Gasteiger partial charge in [0.25, 0.3) is 0 Å². The first-order valence-electron chi connectivity index (χ1n) is 7.84. The third-order valence-corrected chi connectivity index (χ3v) is 4.53. The Labute approximate surface area is 151 Å². The van der Waals surface area contributed by atoms with Gasteiger partial charge in [0.1, 0.15) is 5.82 Å². The number of likely N-dealkylation sites (tertiary alicyclic amines) is 1. The molecule has 0 unspecified atom stereocenters. The summed E-state index contributed by atoms with van der Waals surface area (Å²) in [7, 11) is 0. The second kappa shape index (κ2) is 7.39. The van der Waals surface area contributed by atoms with E-state index in [1.807, 2.05) is 24.3 Å². The van der Waals surface area contributed by atoms with E-state index >= 15 is 0 Å². The minimum absolute atomic E-state index is 0.196. The van der Waals surface area contributed by atoms with Gasteiger partial charge >= 0.3 is 0 Å². The van der Waals surface area contributed by atoms with E-state index in [0.29, 0.717) is 5.82 Å². The van der Waals surface area contributed by atoms with Crippen LogP contribution in [0.25, 0.3) is 10.9 Å². The van der Waals surface area contributed by atoms with Gasteiger partial charge in [-0.25, -0.2) is 9.97 Å². The summed E-state index contributed by atoms with van der Waals surface area (Å²) in [6.45, 7) is 4.14. The van der Waals surface area contributed by atoms with Gasteiger partial charge in [-0.3, -0.25) is 0 Å². The molecule has 2 aromatic rings. The molecule has 1 fully saturated rings. The maximum atomic E-state index is 5.96. The van der Waals surface area contributed by atoms with Crippen molar-refractivity contribution in [2.24, 2.45) is 0 Å². The molecule has 1 aliphatic heterocycles. The van der Waals surface area contributed by atoms with Gasteiger partial charge in [0.2, 0.25) is 3.79 Å². The number of anilines is 1. The molecule has 4 nitrogen and oxygen atoms in total. The summed E-state index contributed by atoms with van der Waals surface area (Å²) < 4.78 is -1.63. The van der Waals surface area contributed by atoms with Crippen LogP contribution in [0.15, 0.2) is 24.3 Å². The van der Waals surface area contributed by atoms with Crippen molar-refractivity contribution >= 4 is 51.5 Å². The lowest BCUT2D eigenvalue weighted by molar-refractivity contribution is 0.237. The van der Waals surface area contributed by atoms with Gasteiger partial charge in [0, 0.05) is 18.5 Å². The summed E-state index contributed by atoms with van der Waals surface area (Å²) in [6.07, 6.45) is 3.91. The molecule has 2 heterocycles. The number of benzene rings is 1. The number of halogens is 3. The number of hydrogen-bond acceptors (Lipinski definition) is 4. The highest BCUT2D eigenvalue weighted by molar-refractivity contribution is 6.66. The zero-order chi connectivity index (χ0) is 16.3. The van der Waals surface area contributed by atoms with Crippen LogP contribution in [0.5, 0.6) is 0 Å². The van der Waals surface area contributed by atoms with E-state index in [-0.39, 0.29) is 5.82 Å². The Morgan fingerprint density at radius 1 is 1.04 bits per heavy atom. The van der Waals surface area contributed by atoms with Crippen LogP contribution >= 0.6 is 34.8 Å². The first-order valence-corrected chi connectivity index (χ1v) is 8.97. The van der Waals surface area contributed by atoms with Gasteiger partial charge in [-0.1, -0.05) is 53.4 Å². The van der Waals surface area contributed by atoms with E-state index in [4.69, 9.17) is 34.8 Å². The van der Waals surface area contributed by atoms with Crippen molar-refractivity contribution in [3.8, 4) is 0 Å². The van der Waals surface area contributed by atoms with Crippen molar-refractivity contribution in [3.05, 3.63) is 30.1 Å². The molecule has 0 amide bonds. The van der Waals surface area contributed by atoms with Gasteiger partial charge in [0.15, 0.2) is 5.82 Å². The first-order chi connectivity index (χ1) is 11.0. The molecule has 0 bridgehead atoms. The molecule has 0 radical (unpaired) electrons. The third kappa shape index (κ3) is 4.38. The summed E-state index contributed by atoms with van der Waals surface area (Å²) in [5.41, 5.74) is 0.768. The van der Waals surface area contributed by atoms with Crippen molar-refractivity contribution in [3.63, 3.8) is 0 Å². The van der Waals surface area contributed by atoms with Crippen molar-refractivity contribution in [1.82, 2.24) is 14.9 Å². The van der Waals surface area contributed by atoms with Gasteiger partial charge in [-0.05, 0) is 38.1 Å². The first kappa shape index (κ1) is 17.0. The molecule has 0 spiro atoms. The van der Waals surface area contributed by atoms with Crippen LogP contribution in [0.3, 0.4) is 0 Å². The predicted molar refractivity (Wildman–Crippen MR) is 97.6 cm³/mol. The maximum Gasteiger partial charge on any atom is 0.250 e. The number of hydrogen-bond donors (Lipinski definition) is 1. The topological polar surface area (TPSA) is 41.1 Å². The molecule has 1 N–H and O–H groups in total. The normalized spacial score (nSPS) is 16.7. The lowest BCUT2D eigenvalue weighted by atomic mass is 10.1. The van der Waals surface area contributed by atoms with E-state index in [1.54, 1.807) is 0 Å². The standard InChI is InChI=1S/C16H19Cl3N4/c17-16(18,19)15-21-13-7-3-2-6-12(13)14(22-15)20-8-11-23-9-4-1-5-10-23/h2-3,6-7H,1,4-5,8-11H2,(H,20,21,22). The lowest BCUT2D eigenvalue weighted by Crippen LogP contribution is -2.33. The zero-order valence-corrected chi connectivity index (χ0v) is 15.0. The number of nitrogens with one attached hydrogen (secondary N) is 1. The number of rotatable bonds is 4. The average molecular weight is 374 g/mol. The number of alkyl halides is 3. The SMILES string of the molecule is ClC(Cl)(Cl)c1nc(NCCN2CCCCC2)c2ccccc2n1. The number of nitrogens with zero attached hydrogens (tertiary/aromatic N) is 3. The maximum absolute atomic E-state index is 5.96. The third-order valence-electron chi connectivity index (χ3n) is 4.03. The molecule has 1 aliphatic rings. The minimum Gasteiger partial charge on any atom is -0.368 e. The second-order valence-corrected chi connectivity index (χ2v) is 8.02. The predicted octanol–water partition coefficient (Wildman–Crippen LogP) is 4.35. The fourth-order valence-corrected chi connectivity index (χ4v) is 3.11. The molecule has 0 saturated carbocycles. The monoisotopic (exact) mass is 372 g/mol. The second-order valence-electron chi connectivity index (χ2n) is 5.74. The highest BCUT2D eigenvalue weighted by Crippen LogP contribution is 2.37. The molecule has 0 aliphatic carbocycles. The Morgan fingerprint density at radius 2 is 1.78 bits per heavy atom. The van der Waals surface area contributed by atoms with Crippen LogP contribution in [0, 0.1) is 0 Å². The van der Waals surface area contributed by atoms with Crippen LogP contribution < -0.4 is 5.32 Å². The van der Waals surface area contributed by atoms with E-state index in [2.05, 4.69) is 20.2 Å². The van der Waals surface area contributed by atoms with E-state index < -0.39 is 3.79 Å². The lowest BCUT2D eigenvalue weighted by Gasteiger charge is -2.26. The molecule has 23 heavy (non-hydrogen) atoms. The Hall–Kier alpha value is -0.810.